The highest BCUT2D eigenvalue weighted by atomic mass is 19.3. The summed E-state index contributed by atoms with van der Waals surface area (Å²) in [6.07, 6.45) is 1.03. The number of hydrogen-bond donors (Lipinski definition) is 1. The molecule has 1 rings (SSSR count). The van der Waals surface area contributed by atoms with Crippen molar-refractivity contribution >= 4 is 5.97 Å². The van der Waals surface area contributed by atoms with E-state index in [9.17, 15) is 13.6 Å². The number of aromatic nitrogens is 2. The van der Waals surface area contributed by atoms with Gasteiger partial charge < -0.3 is 10.5 Å². The van der Waals surface area contributed by atoms with Crippen molar-refractivity contribution in [2.24, 2.45) is 12.8 Å². The Balaban J connectivity index is 3.27. The summed E-state index contributed by atoms with van der Waals surface area (Å²) >= 11 is 0. The molecule has 1 aromatic rings. The Kier molecular flexibility index (Phi) is 3.04. The van der Waals surface area contributed by atoms with Crippen LogP contribution >= 0.6 is 0 Å². The van der Waals surface area contributed by atoms with Crippen LogP contribution in [-0.4, -0.2) is 29.4 Å². The quantitative estimate of drug-likeness (QED) is 0.740. The number of ether oxygens (including phenoxy) is 1. The number of aryl methyl sites for hydroxylation is 1. The lowest BCUT2D eigenvalue weighted by Crippen LogP contribution is -2.29. The zero-order chi connectivity index (χ0) is 11.6. The molecule has 0 radical (unpaired) electrons. The van der Waals surface area contributed by atoms with Crippen LogP contribution in [0.5, 0.6) is 0 Å². The lowest BCUT2D eigenvalue weighted by molar-refractivity contribution is -0.00420. The Morgan fingerprint density at radius 3 is 2.80 bits per heavy atom. The summed E-state index contributed by atoms with van der Waals surface area (Å²) < 4.78 is 32.0. The molecule has 0 aromatic carbocycles. The molecule has 0 atom stereocenters. The molecule has 1 aromatic heterocycles. The first kappa shape index (κ1) is 11.6. The van der Waals surface area contributed by atoms with Crippen molar-refractivity contribution in [2.75, 3.05) is 13.7 Å². The van der Waals surface area contributed by atoms with Crippen LogP contribution in [0.3, 0.4) is 0 Å². The van der Waals surface area contributed by atoms with Gasteiger partial charge in [-0.25, -0.2) is 4.79 Å². The van der Waals surface area contributed by atoms with Crippen molar-refractivity contribution in [2.45, 2.75) is 5.92 Å². The Morgan fingerprint density at radius 2 is 2.33 bits per heavy atom. The van der Waals surface area contributed by atoms with Crippen molar-refractivity contribution in [3.05, 3.63) is 17.5 Å². The van der Waals surface area contributed by atoms with Crippen LogP contribution in [0, 0.1) is 0 Å². The Bertz CT molecular complexity index is 376. The summed E-state index contributed by atoms with van der Waals surface area (Å²) in [7, 11) is 2.42. The molecule has 0 saturated carbocycles. The molecule has 5 nitrogen and oxygen atoms in total. The monoisotopic (exact) mass is 219 g/mol. The fourth-order valence-electron chi connectivity index (χ4n) is 1.23. The molecule has 0 unspecified atom stereocenters. The standard InChI is InChI=1S/C8H11F2N3O2/c1-13-6(8(9,10)4-11)5(3-12-13)7(14)15-2/h3H,4,11H2,1-2H3. The number of nitrogens with two attached hydrogens (primary N) is 1. The maximum absolute atomic E-state index is 13.3. The van der Waals surface area contributed by atoms with Crippen molar-refractivity contribution < 1.29 is 18.3 Å². The number of esters is 1. The molecule has 0 aliphatic heterocycles. The molecule has 1 heterocycles. The van der Waals surface area contributed by atoms with Gasteiger partial charge in [-0.2, -0.15) is 13.9 Å². The van der Waals surface area contributed by atoms with Crippen LogP contribution in [0.15, 0.2) is 6.20 Å². The van der Waals surface area contributed by atoms with Crippen molar-refractivity contribution in [1.29, 1.82) is 0 Å². The van der Waals surface area contributed by atoms with E-state index < -0.39 is 24.1 Å². The SMILES string of the molecule is COC(=O)c1cnn(C)c1C(F)(F)CN. The van der Waals surface area contributed by atoms with E-state index in [1.807, 2.05) is 0 Å². The third kappa shape index (κ3) is 1.96. The lowest BCUT2D eigenvalue weighted by Gasteiger charge is -2.15. The summed E-state index contributed by atoms with van der Waals surface area (Å²) in [6.45, 7) is -0.892. The third-order valence-electron chi connectivity index (χ3n) is 1.95. The van der Waals surface area contributed by atoms with E-state index in [2.05, 4.69) is 9.84 Å². The predicted octanol–water partition coefficient (Wildman–Crippen LogP) is 0.257. The van der Waals surface area contributed by atoms with Gasteiger partial charge in [0.05, 0.1) is 19.9 Å². The molecule has 2 N–H and O–H groups in total. The van der Waals surface area contributed by atoms with Crippen molar-refractivity contribution in [3.63, 3.8) is 0 Å². The highest BCUT2D eigenvalue weighted by Crippen LogP contribution is 2.29. The molecule has 84 valence electrons. The third-order valence-corrected chi connectivity index (χ3v) is 1.95. The van der Waals surface area contributed by atoms with Gasteiger partial charge in [0.2, 0.25) is 0 Å². The van der Waals surface area contributed by atoms with Crippen LogP contribution in [0.1, 0.15) is 16.1 Å². The van der Waals surface area contributed by atoms with Gasteiger partial charge in [-0.1, -0.05) is 0 Å². The van der Waals surface area contributed by atoms with E-state index in [0.717, 1.165) is 18.0 Å². The summed E-state index contributed by atoms with van der Waals surface area (Å²) in [5.74, 6) is -4.15. The van der Waals surface area contributed by atoms with E-state index in [0.29, 0.717) is 0 Å². The fourth-order valence-corrected chi connectivity index (χ4v) is 1.23. The Morgan fingerprint density at radius 1 is 1.73 bits per heavy atom. The van der Waals surface area contributed by atoms with E-state index in [1.54, 1.807) is 0 Å². The van der Waals surface area contributed by atoms with Crippen molar-refractivity contribution in [3.8, 4) is 0 Å². The molecule has 15 heavy (non-hydrogen) atoms. The average molecular weight is 219 g/mol. The number of hydrogen-bond acceptors (Lipinski definition) is 4. The number of methoxy groups -OCH3 is 1. The number of rotatable bonds is 3. The molecule has 0 amide bonds. The topological polar surface area (TPSA) is 70.1 Å². The second-order valence-electron chi connectivity index (χ2n) is 2.93. The Labute approximate surface area is 84.8 Å². The first-order valence-corrected chi connectivity index (χ1v) is 4.12. The highest BCUT2D eigenvalue weighted by Gasteiger charge is 2.38. The fraction of sp³-hybridized carbons (Fsp3) is 0.500. The van der Waals surface area contributed by atoms with Gasteiger partial charge in [0.1, 0.15) is 11.3 Å². The molecular formula is C8H11F2N3O2. The zero-order valence-corrected chi connectivity index (χ0v) is 8.33. The van der Waals surface area contributed by atoms with Crippen LogP contribution in [0.25, 0.3) is 0 Å². The minimum absolute atomic E-state index is 0.268. The van der Waals surface area contributed by atoms with Gasteiger partial charge in [0.25, 0.3) is 0 Å². The first-order chi connectivity index (χ1) is 6.94. The molecular weight excluding hydrogens is 208 g/mol. The molecule has 0 aliphatic rings. The number of carbonyl (C=O) groups excluding carboxylic acids is 1. The Hall–Kier alpha value is -1.50. The minimum Gasteiger partial charge on any atom is -0.465 e. The predicted molar refractivity (Wildman–Crippen MR) is 47.5 cm³/mol. The maximum Gasteiger partial charge on any atom is 0.341 e. The maximum atomic E-state index is 13.3. The second-order valence-corrected chi connectivity index (χ2v) is 2.93. The van der Waals surface area contributed by atoms with Gasteiger partial charge in [0.15, 0.2) is 0 Å². The largest absolute Gasteiger partial charge is 0.465 e. The zero-order valence-electron chi connectivity index (χ0n) is 8.33. The summed E-state index contributed by atoms with van der Waals surface area (Å²) in [6, 6.07) is 0. The number of nitrogens with zero attached hydrogens (tertiary/aromatic N) is 2. The minimum atomic E-state index is -3.30. The van der Waals surface area contributed by atoms with Crippen LogP contribution in [0.2, 0.25) is 0 Å². The summed E-state index contributed by atoms with van der Waals surface area (Å²) in [5.41, 5.74) is 4.13. The van der Waals surface area contributed by atoms with Gasteiger partial charge >= 0.3 is 11.9 Å². The van der Waals surface area contributed by atoms with Crippen LogP contribution in [0.4, 0.5) is 8.78 Å². The van der Waals surface area contributed by atoms with Crippen LogP contribution in [-0.2, 0) is 17.7 Å². The van der Waals surface area contributed by atoms with E-state index in [-0.39, 0.29) is 5.56 Å². The van der Waals surface area contributed by atoms with E-state index in [1.165, 1.54) is 7.05 Å². The highest BCUT2D eigenvalue weighted by molar-refractivity contribution is 5.90. The smallest absolute Gasteiger partial charge is 0.341 e. The number of halogens is 2. The summed E-state index contributed by atoms with van der Waals surface area (Å²) in [4.78, 5) is 11.2. The van der Waals surface area contributed by atoms with E-state index >= 15 is 0 Å². The number of alkyl halides is 2. The second kappa shape index (κ2) is 3.93. The van der Waals surface area contributed by atoms with Gasteiger partial charge in [0, 0.05) is 7.05 Å². The van der Waals surface area contributed by atoms with Crippen molar-refractivity contribution in [1.82, 2.24) is 9.78 Å². The molecule has 0 saturated heterocycles. The lowest BCUT2D eigenvalue weighted by atomic mass is 10.1. The summed E-state index contributed by atoms with van der Waals surface area (Å²) in [5, 5.41) is 3.58. The molecule has 0 spiro atoms. The number of carbonyl (C=O) groups is 1. The first-order valence-electron chi connectivity index (χ1n) is 4.12. The normalized spacial score (nSPS) is 11.5. The van der Waals surface area contributed by atoms with Gasteiger partial charge in [-0.05, 0) is 0 Å². The molecule has 0 fully saturated rings. The molecule has 0 aliphatic carbocycles. The van der Waals surface area contributed by atoms with Gasteiger partial charge in [-0.15, -0.1) is 0 Å². The van der Waals surface area contributed by atoms with E-state index in [4.69, 9.17) is 5.73 Å². The van der Waals surface area contributed by atoms with Crippen LogP contribution < -0.4 is 5.73 Å². The average Bonchev–Trinajstić information content (AvgIpc) is 2.59. The van der Waals surface area contributed by atoms with Gasteiger partial charge in [-0.3, -0.25) is 4.68 Å². The molecule has 7 heteroatoms. The molecule has 0 bridgehead atoms.